The summed E-state index contributed by atoms with van der Waals surface area (Å²) in [5, 5.41) is 0. The van der Waals surface area contributed by atoms with Gasteiger partial charge in [0.2, 0.25) is 0 Å². The molecule has 0 aromatic carbocycles. The van der Waals surface area contributed by atoms with E-state index in [2.05, 4.69) is 41.5 Å². The van der Waals surface area contributed by atoms with Crippen LogP contribution in [0.5, 0.6) is 0 Å². The van der Waals surface area contributed by atoms with Crippen LogP contribution in [-0.2, 0) is 28.6 Å². The SMILES string of the molecule is CCC(C)CCCCCCCCCCC(=O)OC[C@@H](COC(=O)CCCCCCCCCCCCCCCCCCC(C)C)OC(=O)CCCCCCCCCCC(C)C. The standard InChI is InChI=1S/C54H104O6/c1-7-50(6)42-36-30-24-19-21-26-32-38-44-53(56)59-47-51(60-54(57)45-39-33-27-20-18-23-29-35-41-49(4)5)46-58-52(55)43-37-31-25-17-15-13-11-9-8-10-12-14-16-22-28-34-40-48(2)3/h48-51H,7-47H2,1-6H3/t50?,51-/m1/s1. The van der Waals surface area contributed by atoms with Crippen LogP contribution in [0.2, 0.25) is 0 Å². The first kappa shape index (κ1) is 58.4. The van der Waals surface area contributed by atoms with E-state index >= 15 is 0 Å². The number of rotatable bonds is 47. The second kappa shape index (κ2) is 45.4. The van der Waals surface area contributed by atoms with Crippen molar-refractivity contribution in [2.24, 2.45) is 17.8 Å². The van der Waals surface area contributed by atoms with Gasteiger partial charge in [0, 0.05) is 19.3 Å². The highest BCUT2D eigenvalue weighted by Gasteiger charge is 2.19. The summed E-state index contributed by atoms with van der Waals surface area (Å²) in [5.74, 6) is 1.64. The Morgan fingerprint density at radius 1 is 0.333 bits per heavy atom. The van der Waals surface area contributed by atoms with Crippen molar-refractivity contribution in [3.63, 3.8) is 0 Å². The fraction of sp³-hybridized carbons (Fsp3) is 0.944. The van der Waals surface area contributed by atoms with Crippen molar-refractivity contribution in [1.29, 1.82) is 0 Å². The lowest BCUT2D eigenvalue weighted by molar-refractivity contribution is -0.167. The number of hydrogen-bond acceptors (Lipinski definition) is 6. The van der Waals surface area contributed by atoms with Gasteiger partial charge < -0.3 is 14.2 Å². The molecule has 0 N–H and O–H groups in total. The summed E-state index contributed by atoms with van der Waals surface area (Å²) in [5.41, 5.74) is 0. The largest absolute Gasteiger partial charge is 0.462 e. The zero-order valence-corrected chi connectivity index (χ0v) is 41.3. The molecule has 0 fully saturated rings. The van der Waals surface area contributed by atoms with Crippen molar-refractivity contribution in [1.82, 2.24) is 0 Å². The Morgan fingerprint density at radius 2 is 0.583 bits per heavy atom. The highest BCUT2D eigenvalue weighted by molar-refractivity contribution is 5.71. The molecule has 0 saturated heterocycles. The average molecular weight is 849 g/mol. The molecule has 0 heterocycles. The highest BCUT2D eigenvalue weighted by atomic mass is 16.6. The van der Waals surface area contributed by atoms with Crippen molar-refractivity contribution in [2.45, 2.75) is 298 Å². The third-order valence-corrected chi connectivity index (χ3v) is 12.5. The van der Waals surface area contributed by atoms with Gasteiger partial charge in [-0.05, 0) is 37.0 Å². The van der Waals surface area contributed by atoms with Gasteiger partial charge in [-0.2, -0.15) is 0 Å². The molecule has 0 aromatic heterocycles. The second-order valence-corrected chi connectivity index (χ2v) is 19.7. The van der Waals surface area contributed by atoms with Gasteiger partial charge in [0.15, 0.2) is 6.10 Å². The third-order valence-electron chi connectivity index (χ3n) is 12.5. The Balaban J connectivity index is 4.25. The van der Waals surface area contributed by atoms with E-state index in [-0.39, 0.29) is 31.1 Å². The number of hydrogen-bond donors (Lipinski definition) is 0. The number of ether oxygens (including phenoxy) is 3. The predicted octanol–water partition coefficient (Wildman–Crippen LogP) is 17.2. The lowest BCUT2D eigenvalue weighted by atomic mass is 9.99. The van der Waals surface area contributed by atoms with Gasteiger partial charge in [-0.25, -0.2) is 0 Å². The van der Waals surface area contributed by atoms with Crippen LogP contribution in [-0.4, -0.2) is 37.2 Å². The summed E-state index contributed by atoms with van der Waals surface area (Å²) >= 11 is 0. The Bertz CT molecular complexity index is 931. The maximum atomic E-state index is 12.8. The maximum absolute atomic E-state index is 12.8. The molecule has 0 rings (SSSR count). The molecule has 0 aliphatic carbocycles. The minimum atomic E-state index is -0.763. The fourth-order valence-electron chi connectivity index (χ4n) is 8.08. The van der Waals surface area contributed by atoms with Crippen LogP contribution in [0.15, 0.2) is 0 Å². The molecule has 0 bridgehead atoms. The molecule has 60 heavy (non-hydrogen) atoms. The van der Waals surface area contributed by atoms with E-state index in [1.165, 1.54) is 173 Å². The molecule has 1 unspecified atom stereocenters. The van der Waals surface area contributed by atoms with Crippen molar-refractivity contribution in [3.05, 3.63) is 0 Å². The lowest BCUT2D eigenvalue weighted by Gasteiger charge is -2.18. The molecule has 0 amide bonds. The Hall–Kier alpha value is -1.59. The molecule has 0 saturated carbocycles. The van der Waals surface area contributed by atoms with Gasteiger partial charge >= 0.3 is 17.9 Å². The molecule has 0 aliphatic heterocycles. The molecular weight excluding hydrogens is 745 g/mol. The average Bonchev–Trinajstić information content (AvgIpc) is 3.22. The number of carbonyl (C=O) groups excluding carboxylic acids is 3. The number of esters is 3. The first-order chi connectivity index (χ1) is 29.1. The van der Waals surface area contributed by atoms with Crippen LogP contribution in [0.3, 0.4) is 0 Å². The van der Waals surface area contributed by atoms with E-state index in [0.717, 1.165) is 75.5 Å². The molecule has 0 aliphatic rings. The van der Waals surface area contributed by atoms with Crippen molar-refractivity contribution < 1.29 is 28.6 Å². The van der Waals surface area contributed by atoms with Crippen molar-refractivity contribution >= 4 is 17.9 Å². The van der Waals surface area contributed by atoms with Gasteiger partial charge in [0.25, 0.3) is 0 Å². The summed E-state index contributed by atoms with van der Waals surface area (Å²) in [6, 6.07) is 0. The zero-order chi connectivity index (χ0) is 44.2. The molecular formula is C54H104O6. The van der Waals surface area contributed by atoms with Crippen LogP contribution in [0, 0.1) is 17.8 Å². The van der Waals surface area contributed by atoms with Crippen molar-refractivity contribution in [2.75, 3.05) is 13.2 Å². The van der Waals surface area contributed by atoms with Gasteiger partial charge in [0.1, 0.15) is 13.2 Å². The van der Waals surface area contributed by atoms with E-state index in [9.17, 15) is 14.4 Å². The van der Waals surface area contributed by atoms with Gasteiger partial charge in [0.05, 0.1) is 0 Å². The zero-order valence-electron chi connectivity index (χ0n) is 41.3. The Kier molecular flexibility index (Phi) is 44.2. The minimum Gasteiger partial charge on any atom is -0.462 e. The van der Waals surface area contributed by atoms with E-state index in [4.69, 9.17) is 14.2 Å². The lowest BCUT2D eigenvalue weighted by Crippen LogP contribution is -2.30. The highest BCUT2D eigenvalue weighted by Crippen LogP contribution is 2.18. The molecule has 6 heteroatoms. The van der Waals surface area contributed by atoms with Gasteiger partial charge in [-0.3, -0.25) is 14.4 Å². The minimum absolute atomic E-state index is 0.0650. The van der Waals surface area contributed by atoms with E-state index in [0.29, 0.717) is 19.3 Å². The monoisotopic (exact) mass is 849 g/mol. The van der Waals surface area contributed by atoms with Crippen LogP contribution >= 0.6 is 0 Å². The normalized spacial score (nSPS) is 12.6. The van der Waals surface area contributed by atoms with Gasteiger partial charge in [-0.15, -0.1) is 0 Å². The topological polar surface area (TPSA) is 78.9 Å². The van der Waals surface area contributed by atoms with E-state index in [1.54, 1.807) is 0 Å². The summed E-state index contributed by atoms with van der Waals surface area (Å²) < 4.78 is 16.8. The summed E-state index contributed by atoms with van der Waals surface area (Å²) in [4.78, 5) is 37.9. The summed E-state index contributed by atoms with van der Waals surface area (Å²) in [6.45, 7) is 13.7. The second-order valence-electron chi connectivity index (χ2n) is 19.7. The molecule has 0 spiro atoms. The molecule has 0 aromatic rings. The predicted molar refractivity (Wildman–Crippen MR) is 256 cm³/mol. The van der Waals surface area contributed by atoms with Gasteiger partial charge in [-0.1, -0.05) is 253 Å². The van der Waals surface area contributed by atoms with E-state index in [1.807, 2.05) is 0 Å². The molecule has 6 nitrogen and oxygen atoms in total. The summed E-state index contributed by atoms with van der Waals surface area (Å²) in [6.07, 6.45) is 45.2. The van der Waals surface area contributed by atoms with Crippen LogP contribution < -0.4 is 0 Å². The smallest absolute Gasteiger partial charge is 0.306 e. The van der Waals surface area contributed by atoms with E-state index < -0.39 is 6.10 Å². The summed E-state index contributed by atoms with van der Waals surface area (Å²) in [7, 11) is 0. The third kappa shape index (κ3) is 45.9. The molecule has 2 atom stereocenters. The Labute approximate surface area is 374 Å². The quantitative estimate of drug-likeness (QED) is 0.0345. The fourth-order valence-corrected chi connectivity index (χ4v) is 8.08. The van der Waals surface area contributed by atoms with Crippen LogP contribution in [0.1, 0.15) is 292 Å². The first-order valence-corrected chi connectivity index (χ1v) is 26.6. The maximum Gasteiger partial charge on any atom is 0.306 e. The Morgan fingerprint density at radius 3 is 0.867 bits per heavy atom. The first-order valence-electron chi connectivity index (χ1n) is 26.6. The van der Waals surface area contributed by atoms with Crippen LogP contribution in [0.25, 0.3) is 0 Å². The van der Waals surface area contributed by atoms with Crippen molar-refractivity contribution in [3.8, 4) is 0 Å². The molecule has 0 radical (unpaired) electrons. The molecule has 356 valence electrons. The number of unbranched alkanes of at least 4 members (excludes halogenated alkanes) is 29. The van der Waals surface area contributed by atoms with Crippen LogP contribution in [0.4, 0.5) is 0 Å². The number of carbonyl (C=O) groups is 3.